The lowest BCUT2D eigenvalue weighted by Crippen LogP contribution is -2.36. The molecule has 0 spiro atoms. The monoisotopic (exact) mass is 272 g/mol. The third-order valence-corrected chi connectivity index (χ3v) is 2.49. The summed E-state index contributed by atoms with van der Waals surface area (Å²) in [5.41, 5.74) is -3.86. The molecule has 0 saturated heterocycles. The van der Waals surface area contributed by atoms with Crippen LogP contribution in [0.1, 0.15) is 25.1 Å². The number of carbonyl (C=O) groups excluding carboxylic acids is 1. The van der Waals surface area contributed by atoms with E-state index in [1.54, 1.807) is 6.07 Å². The van der Waals surface area contributed by atoms with Crippen LogP contribution >= 0.6 is 0 Å². The maximum absolute atomic E-state index is 12.9. The summed E-state index contributed by atoms with van der Waals surface area (Å²) < 4.78 is 43.2. The molecule has 0 aliphatic rings. The van der Waals surface area contributed by atoms with E-state index in [1.165, 1.54) is 6.92 Å². The van der Waals surface area contributed by atoms with E-state index >= 15 is 0 Å². The van der Waals surface area contributed by atoms with Crippen molar-refractivity contribution in [3.8, 4) is 6.07 Å². The zero-order valence-electron chi connectivity index (χ0n) is 10.3. The van der Waals surface area contributed by atoms with Crippen molar-refractivity contribution in [2.24, 2.45) is 0 Å². The van der Waals surface area contributed by atoms with Gasteiger partial charge in [0.2, 0.25) is 0 Å². The van der Waals surface area contributed by atoms with Crippen LogP contribution in [0.15, 0.2) is 18.3 Å². The Morgan fingerprint density at radius 3 is 2.63 bits per heavy atom. The van der Waals surface area contributed by atoms with Crippen LogP contribution < -0.4 is 0 Å². The van der Waals surface area contributed by atoms with Gasteiger partial charge in [-0.2, -0.15) is 18.4 Å². The van der Waals surface area contributed by atoms with Gasteiger partial charge in [-0.1, -0.05) is 0 Å². The van der Waals surface area contributed by atoms with E-state index in [4.69, 9.17) is 5.26 Å². The van der Waals surface area contributed by atoms with Crippen LogP contribution in [0.2, 0.25) is 0 Å². The minimum Gasteiger partial charge on any atom is -0.465 e. The van der Waals surface area contributed by atoms with Crippen molar-refractivity contribution in [1.29, 1.82) is 5.26 Å². The van der Waals surface area contributed by atoms with E-state index in [2.05, 4.69) is 9.72 Å². The molecule has 1 aromatic heterocycles. The van der Waals surface area contributed by atoms with Gasteiger partial charge in [-0.25, -0.2) is 4.79 Å². The second kappa shape index (κ2) is 5.26. The maximum Gasteiger partial charge on any atom is 0.418 e. The van der Waals surface area contributed by atoms with Gasteiger partial charge < -0.3 is 4.74 Å². The molecule has 0 radical (unpaired) electrons. The van der Waals surface area contributed by atoms with E-state index in [1.807, 2.05) is 0 Å². The number of alkyl halides is 3. The fourth-order valence-corrected chi connectivity index (χ4v) is 1.50. The number of hydrogen-bond acceptors (Lipinski definition) is 4. The minimum atomic E-state index is -4.70. The van der Waals surface area contributed by atoms with Gasteiger partial charge in [0.25, 0.3) is 0 Å². The number of rotatable bonds is 3. The first-order valence-corrected chi connectivity index (χ1v) is 5.38. The molecule has 0 aromatic carbocycles. The Morgan fingerprint density at radius 1 is 1.53 bits per heavy atom. The molecular weight excluding hydrogens is 261 g/mol. The molecule has 19 heavy (non-hydrogen) atoms. The molecular formula is C12H11F3N2O2. The summed E-state index contributed by atoms with van der Waals surface area (Å²) in [6, 6.07) is 3.42. The van der Waals surface area contributed by atoms with Crippen LogP contribution in [0.3, 0.4) is 0 Å². The Balaban J connectivity index is 3.43. The lowest BCUT2D eigenvalue weighted by atomic mass is 9.85. The molecule has 0 aliphatic carbocycles. The van der Waals surface area contributed by atoms with Gasteiger partial charge in [-0.15, -0.1) is 0 Å². The molecule has 0 aliphatic heterocycles. The van der Waals surface area contributed by atoms with Crippen LogP contribution in [-0.2, 0) is 21.1 Å². The number of ether oxygens (including phenoxy) is 1. The third-order valence-electron chi connectivity index (χ3n) is 2.49. The topological polar surface area (TPSA) is 63.0 Å². The highest BCUT2D eigenvalue weighted by molar-refractivity contribution is 5.86. The van der Waals surface area contributed by atoms with Crippen LogP contribution in [0.4, 0.5) is 13.2 Å². The number of nitrogens with zero attached hydrogens (tertiary/aromatic N) is 2. The van der Waals surface area contributed by atoms with Gasteiger partial charge in [-0.05, 0) is 26.0 Å². The van der Waals surface area contributed by atoms with Crippen LogP contribution in [-0.4, -0.2) is 17.6 Å². The predicted molar refractivity (Wildman–Crippen MR) is 58.8 cm³/mol. The Kier molecular flexibility index (Phi) is 4.14. The van der Waals surface area contributed by atoms with Gasteiger partial charge in [0.15, 0.2) is 5.41 Å². The van der Waals surface area contributed by atoms with Crippen molar-refractivity contribution < 1.29 is 22.7 Å². The molecule has 0 N–H and O–H groups in total. The number of aromatic nitrogens is 1. The van der Waals surface area contributed by atoms with Gasteiger partial charge >= 0.3 is 12.1 Å². The fraction of sp³-hybridized carbons (Fsp3) is 0.417. The Labute approximate surface area is 107 Å². The molecule has 0 bridgehead atoms. The highest BCUT2D eigenvalue weighted by Gasteiger charge is 2.46. The normalized spacial score (nSPS) is 14.3. The molecule has 1 atom stereocenters. The lowest BCUT2D eigenvalue weighted by molar-refractivity contribution is -0.148. The summed E-state index contributed by atoms with van der Waals surface area (Å²) in [5, 5.41) is 9.07. The van der Waals surface area contributed by atoms with Crippen molar-refractivity contribution in [3.05, 3.63) is 29.6 Å². The number of esters is 1. The Hall–Kier alpha value is -2.10. The molecule has 1 heterocycles. The van der Waals surface area contributed by atoms with Gasteiger partial charge in [-0.3, -0.25) is 4.98 Å². The van der Waals surface area contributed by atoms with E-state index in [0.717, 1.165) is 25.3 Å². The first kappa shape index (κ1) is 15.0. The molecule has 0 amide bonds. The third kappa shape index (κ3) is 2.84. The standard InChI is InChI=1S/C12H11F3N2O2/c1-3-19-10(18)11(2,7-16)9-8(12(13,14)15)5-4-6-17-9/h4-6H,3H2,1-2H3. The van der Waals surface area contributed by atoms with Crippen molar-refractivity contribution in [2.45, 2.75) is 25.4 Å². The summed E-state index contributed by atoms with van der Waals surface area (Å²) in [6.45, 7) is 2.52. The van der Waals surface area contributed by atoms with E-state index in [-0.39, 0.29) is 6.61 Å². The fourth-order valence-electron chi connectivity index (χ4n) is 1.50. The average Bonchev–Trinajstić information content (AvgIpc) is 2.37. The second-order valence-electron chi connectivity index (χ2n) is 3.85. The van der Waals surface area contributed by atoms with Crippen molar-refractivity contribution >= 4 is 5.97 Å². The first-order chi connectivity index (χ1) is 8.77. The summed E-state index contributed by atoms with van der Waals surface area (Å²) in [4.78, 5) is 15.3. The van der Waals surface area contributed by atoms with Crippen molar-refractivity contribution in [1.82, 2.24) is 4.98 Å². The van der Waals surface area contributed by atoms with Crippen LogP contribution in [0.5, 0.6) is 0 Å². The minimum absolute atomic E-state index is 0.0374. The summed E-state index contributed by atoms with van der Waals surface area (Å²) in [7, 11) is 0. The highest BCUT2D eigenvalue weighted by Crippen LogP contribution is 2.36. The van der Waals surface area contributed by atoms with Crippen LogP contribution in [0.25, 0.3) is 0 Å². The Bertz CT molecular complexity index is 522. The van der Waals surface area contributed by atoms with Crippen molar-refractivity contribution in [2.75, 3.05) is 6.61 Å². The van der Waals surface area contributed by atoms with E-state index in [0.29, 0.717) is 0 Å². The molecule has 0 saturated carbocycles. The molecule has 1 rings (SSSR count). The number of halogens is 3. The number of hydrogen-bond donors (Lipinski definition) is 0. The maximum atomic E-state index is 12.9. The summed E-state index contributed by atoms with van der Waals surface area (Å²) in [6.07, 6.45) is -3.60. The number of nitriles is 1. The van der Waals surface area contributed by atoms with E-state index in [9.17, 15) is 18.0 Å². The molecule has 1 aromatic rings. The average molecular weight is 272 g/mol. The summed E-state index contributed by atoms with van der Waals surface area (Å²) >= 11 is 0. The Morgan fingerprint density at radius 2 is 2.16 bits per heavy atom. The molecule has 0 fully saturated rings. The molecule has 7 heteroatoms. The number of carbonyl (C=O) groups is 1. The lowest BCUT2D eigenvalue weighted by Gasteiger charge is -2.22. The van der Waals surface area contributed by atoms with Gasteiger partial charge in [0.05, 0.1) is 23.9 Å². The number of pyridine rings is 1. The molecule has 102 valence electrons. The largest absolute Gasteiger partial charge is 0.465 e. The molecule has 4 nitrogen and oxygen atoms in total. The van der Waals surface area contributed by atoms with Gasteiger partial charge in [0, 0.05) is 6.20 Å². The van der Waals surface area contributed by atoms with Crippen molar-refractivity contribution in [3.63, 3.8) is 0 Å². The summed E-state index contributed by atoms with van der Waals surface area (Å²) in [5.74, 6) is -1.05. The predicted octanol–water partition coefficient (Wildman–Crippen LogP) is 2.44. The van der Waals surface area contributed by atoms with E-state index < -0.39 is 28.8 Å². The van der Waals surface area contributed by atoms with Crippen LogP contribution in [0, 0.1) is 11.3 Å². The first-order valence-electron chi connectivity index (χ1n) is 5.38. The highest BCUT2D eigenvalue weighted by atomic mass is 19.4. The zero-order chi connectivity index (χ0) is 14.7. The zero-order valence-corrected chi connectivity index (χ0v) is 10.3. The quantitative estimate of drug-likeness (QED) is 0.793. The molecule has 1 unspecified atom stereocenters. The van der Waals surface area contributed by atoms with Gasteiger partial charge in [0.1, 0.15) is 0 Å². The second-order valence-corrected chi connectivity index (χ2v) is 3.85. The smallest absolute Gasteiger partial charge is 0.418 e. The SMILES string of the molecule is CCOC(=O)C(C)(C#N)c1ncccc1C(F)(F)F.